The fourth-order valence-electron chi connectivity index (χ4n) is 7.05. The van der Waals surface area contributed by atoms with Crippen LogP contribution in [0.5, 0.6) is 17.2 Å². The van der Waals surface area contributed by atoms with Gasteiger partial charge < -0.3 is 14.6 Å². The van der Waals surface area contributed by atoms with Gasteiger partial charge in [-0.05, 0) is 60.7 Å². The summed E-state index contributed by atoms with van der Waals surface area (Å²) in [6, 6.07) is 9.90. The van der Waals surface area contributed by atoms with Crippen molar-refractivity contribution >= 4 is 84.4 Å². The Hall–Kier alpha value is -2.60. The van der Waals surface area contributed by atoms with Crippen LogP contribution in [0.25, 0.3) is 0 Å². The van der Waals surface area contributed by atoms with Crippen LogP contribution in [0.4, 0.5) is 5.69 Å². The van der Waals surface area contributed by atoms with Crippen LogP contribution >= 0.6 is 55.1 Å². The minimum Gasteiger partial charge on any atom is -0.502 e. The summed E-state index contributed by atoms with van der Waals surface area (Å²) in [7, 11) is 2.73. The number of carbonyl (C=O) groups excluding carboxylic acids is 4. The maximum Gasteiger partial charge on any atom is 0.254 e. The lowest BCUT2D eigenvalue weighted by Gasteiger charge is -2.50. The molecule has 2 aromatic carbocycles. The zero-order valence-corrected chi connectivity index (χ0v) is 27.0. The fourth-order valence-corrected chi connectivity index (χ4v) is 8.74. The number of hydrogen-bond donors (Lipinski definition) is 1. The summed E-state index contributed by atoms with van der Waals surface area (Å²) in [6.07, 6.45) is 1.94. The fraction of sp³-hybridized carbons (Fsp3) is 0.379. The molecule has 4 aliphatic rings. The van der Waals surface area contributed by atoms with Gasteiger partial charge >= 0.3 is 0 Å². The Labute approximate surface area is 268 Å². The number of carbonyl (C=O) groups is 4. The van der Waals surface area contributed by atoms with Gasteiger partial charge in [0.1, 0.15) is 0 Å². The number of anilines is 1. The number of aromatic hydroxyl groups is 1. The van der Waals surface area contributed by atoms with Gasteiger partial charge in [-0.1, -0.05) is 43.5 Å². The number of benzene rings is 2. The number of phenolic OH excluding ortho intramolecular Hbond substituents is 1. The highest BCUT2D eigenvalue weighted by Gasteiger charge is 2.76. The molecule has 6 rings (SSSR count). The van der Waals surface area contributed by atoms with E-state index in [1.165, 1.54) is 31.3 Å². The lowest BCUT2D eigenvalue weighted by Crippen LogP contribution is -2.60. The lowest BCUT2D eigenvalue weighted by atomic mass is 9.56. The third kappa shape index (κ3) is 3.79. The maximum atomic E-state index is 14.1. The third-order valence-electron chi connectivity index (χ3n) is 8.94. The number of fused-ring (bicyclic) bond motifs is 4. The van der Waals surface area contributed by atoms with Gasteiger partial charge in [-0.25, -0.2) is 0 Å². The second-order valence-corrected chi connectivity index (χ2v) is 13.4. The van der Waals surface area contributed by atoms with E-state index in [0.717, 1.165) is 9.37 Å². The van der Waals surface area contributed by atoms with E-state index in [0.29, 0.717) is 16.8 Å². The van der Waals surface area contributed by atoms with Gasteiger partial charge in [0.25, 0.3) is 11.8 Å². The van der Waals surface area contributed by atoms with Gasteiger partial charge in [-0.2, -0.15) is 0 Å². The van der Waals surface area contributed by atoms with Gasteiger partial charge in [0.15, 0.2) is 21.2 Å². The first-order chi connectivity index (χ1) is 19.9. The number of hydrogen-bond acceptors (Lipinski definition) is 7. The lowest BCUT2D eigenvalue weighted by molar-refractivity contribution is -0.138. The molecule has 2 aromatic rings. The molecule has 0 spiro atoms. The van der Waals surface area contributed by atoms with Gasteiger partial charge in [0.2, 0.25) is 17.6 Å². The number of methoxy groups -OCH3 is 2. The number of amides is 4. The van der Waals surface area contributed by atoms with Crippen LogP contribution in [0.15, 0.2) is 52.5 Å². The van der Waals surface area contributed by atoms with Gasteiger partial charge in [-0.3, -0.25) is 29.0 Å². The summed E-state index contributed by atoms with van der Waals surface area (Å²) < 4.78 is 11.6. The van der Waals surface area contributed by atoms with Gasteiger partial charge in [0, 0.05) is 10.4 Å². The van der Waals surface area contributed by atoms with Crippen LogP contribution in [0.1, 0.15) is 24.3 Å². The Morgan fingerprint density at radius 3 is 2.17 bits per heavy atom. The number of phenols is 1. The van der Waals surface area contributed by atoms with Crippen molar-refractivity contribution in [1.29, 1.82) is 0 Å². The Balaban J connectivity index is 1.55. The predicted octanol–water partition coefficient (Wildman–Crippen LogP) is 5.09. The summed E-state index contributed by atoms with van der Waals surface area (Å²) in [5, 5.41) is 10.6. The molecule has 2 heterocycles. The minimum atomic E-state index is -1.99. The topological polar surface area (TPSA) is 113 Å². The van der Waals surface area contributed by atoms with Gasteiger partial charge in [0.05, 0.1) is 37.2 Å². The highest BCUT2D eigenvalue weighted by Crippen LogP contribution is 2.66. The van der Waals surface area contributed by atoms with Crippen molar-refractivity contribution in [1.82, 2.24) is 4.90 Å². The van der Waals surface area contributed by atoms with Crippen molar-refractivity contribution in [3.8, 4) is 17.2 Å². The molecule has 1 N–H and O–H groups in total. The van der Waals surface area contributed by atoms with Crippen LogP contribution in [-0.2, 0) is 19.2 Å². The summed E-state index contributed by atoms with van der Waals surface area (Å²) in [5.41, 5.74) is 1.32. The molecule has 13 heteroatoms. The second kappa shape index (κ2) is 10.2. The van der Waals surface area contributed by atoms with Crippen molar-refractivity contribution in [2.75, 3.05) is 24.6 Å². The number of imide groups is 2. The minimum absolute atomic E-state index is 0.0591. The van der Waals surface area contributed by atoms with E-state index in [9.17, 15) is 24.3 Å². The van der Waals surface area contributed by atoms with E-state index in [1.54, 1.807) is 24.3 Å². The maximum absolute atomic E-state index is 14.1. The van der Waals surface area contributed by atoms with E-state index < -0.39 is 51.1 Å². The number of likely N-dealkylation sites (tertiary alicyclic amines) is 1. The molecule has 0 unspecified atom stereocenters. The smallest absolute Gasteiger partial charge is 0.254 e. The molecule has 3 fully saturated rings. The zero-order valence-electron chi connectivity index (χ0n) is 22.3. The van der Waals surface area contributed by atoms with Crippen LogP contribution in [-0.4, -0.2) is 63.1 Å². The quantitative estimate of drug-likeness (QED) is 0.197. The largest absolute Gasteiger partial charge is 0.502 e. The Kier molecular flexibility index (Phi) is 7.19. The molecule has 1 saturated carbocycles. The molecule has 0 aromatic heterocycles. The van der Waals surface area contributed by atoms with E-state index in [-0.39, 0.29) is 41.5 Å². The van der Waals surface area contributed by atoms with Crippen molar-refractivity contribution in [2.24, 2.45) is 17.8 Å². The van der Waals surface area contributed by atoms with Crippen LogP contribution in [0.3, 0.4) is 0 Å². The number of allylic oxidation sites excluding steroid dienone is 2. The molecule has 0 radical (unpaired) electrons. The summed E-state index contributed by atoms with van der Waals surface area (Å²) in [4.78, 5) is 53.7. The standard InChI is InChI=1S/C29H24Br2Cl2N2O7/c1-41-19-9-13(10-20(42-2)23(19)36)22-16-7-8-17-21(25(38)35(24(17)37)15-5-3-14(31)4-6-15)18(16)11-28(32)26(39)34(12-30)27(40)29(22,28)33/h3-7,9-10,17-18,21-22,36H,8,11-12H2,1-2H3/t17-,18+,21-,22-,28+,29-/m0/s1. The molecule has 2 aliphatic carbocycles. The highest BCUT2D eigenvalue weighted by molar-refractivity contribution is 9.10. The zero-order chi connectivity index (χ0) is 30.3. The third-order valence-corrected chi connectivity index (χ3v) is 11.4. The first kappa shape index (κ1) is 29.5. The average molecular weight is 743 g/mol. The molecule has 220 valence electrons. The molecule has 2 saturated heterocycles. The molecular formula is C29H24Br2Cl2N2O7. The summed E-state index contributed by atoms with van der Waals surface area (Å²) in [5.74, 6) is -5.48. The number of halogens is 4. The molecule has 9 nitrogen and oxygen atoms in total. The Morgan fingerprint density at radius 2 is 1.60 bits per heavy atom. The Morgan fingerprint density at radius 1 is 0.976 bits per heavy atom. The number of nitrogens with zero attached hydrogens (tertiary/aromatic N) is 2. The molecule has 6 atom stereocenters. The summed E-state index contributed by atoms with van der Waals surface area (Å²) >= 11 is 21.1. The van der Waals surface area contributed by atoms with Crippen LogP contribution in [0, 0.1) is 17.8 Å². The van der Waals surface area contributed by atoms with Crippen LogP contribution < -0.4 is 14.4 Å². The molecule has 0 bridgehead atoms. The second-order valence-electron chi connectivity index (χ2n) is 10.7. The van der Waals surface area contributed by atoms with E-state index >= 15 is 0 Å². The van der Waals surface area contributed by atoms with Crippen molar-refractivity contribution in [2.45, 2.75) is 28.5 Å². The first-order valence-corrected chi connectivity index (χ1v) is 15.7. The summed E-state index contributed by atoms with van der Waals surface area (Å²) in [6.45, 7) is 0. The van der Waals surface area contributed by atoms with Crippen molar-refractivity contribution in [3.05, 3.63) is 58.1 Å². The van der Waals surface area contributed by atoms with E-state index in [2.05, 4.69) is 31.9 Å². The van der Waals surface area contributed by atoms with Crippen molar-refractivity contribution in [3.63, 3.8) is 0 Å². The van der Waals surface area contributed by atoms with E-state index in [1.807, 2.05) is 6.08 Å². The van der Waals surface area contributed by atoms with Crippen LogP contribution in [0.2, 0.25) is 0 Å². The van der Waals surface area contributed by atoms with E-state index in [4.69, 9.17) is 32.7 Å². The number of rotatable bonds is 5. The molecular weight excluding hydrogens is 719 g/mol. The molecule has 42 heavy (non-hydrogen) atoms. The predicted molar refractivity (Wildman–Crippen MR) is 161 cm³/mol. The van der Waals surface area contributed by atoms with Crippen molar-refractivity contribution < 1.29 is 33.8 Å². The van der Waals surface area contributed by atoms with Gasteiger partial charge in [-0.15, -0.1) is 23.2 Å². The highest BCUT2D eigenvalue weighted by atomic mass is 79.9. The average Bonchev–Trinajstić information content (AvgIpc) is 3.31. The first-order valence-electron chi connectivity index (χ1n) is 13.0. The molecule has 2 aliphatic heterocycles. The normalized spacial score (nSPS) is 32.0. The monoisotopic (exact) mass is 740 g/mol. The number of alkyl halides is 3. The molecule has 4 amide bonds. The Bertz CT molecular complexity index is 1560. The number of ether oxygens (including phenoxy) is 2. The SMILES string of the molecule is COc1cc([C@H]2C3=CC[C@@H]4C(=O)N(c5ccc(Br)cc5)C(=O)[C@@H]4[C@@H]3C[C@@]3(Cl)C(=O)N(CBr)C(=O)[C@@]23Cl)cc(OC)c1O.